The van der Waals surface area contributed by atoms with Gasteiger partial charge >= 0.3 is 0 Å². The molecule has 2 N–H and O–H groups in total. The van der Waals surface area contributed by atoms with Gasteiger partial charge in [0.05, 0.1) is 24.0 Å². The van der Waals surface area contributed by atoms with E-state index in [0.29, 0.717) is 27.1 Å². The van der Waals surface area contributed by atoms with Gasteiger partial charge in [-0.05, 0) is 30.3 Å². The van der Waals surface area contributed by atoms with E-state index in [-0.39, 0.29) is 5.69 Å². The molecule has 0 radical (unpaired) electrons. The summed E-state index contributed by atoms with van der Waals surface area (Å²) < 4.78 is 5.19. The minimum Gasteiger partial charge on any atom is -0.497 e. The molecule has 0 bridgehead atoms. The number of hydrogen-bond donors (Lipinski definition) is 2. The lowest BCUT2D eigenvalue weighted by molar-refractivity contribution is 0.0950. The van der Waals surface area contributed by atoms with Crippen LogP contribution in [-0.2, 0) is 0 Å². The number of amides is 1. The number of halogens is 2. The van der Waals surface area contributed by atoms with E-state index < -0.39 is 5.91 Å². The quantitative estimate of drug-likeness (QED) is 0.508. The Balaban J connectivity index is 1.69. The monoisotopic (exact) mass is 388 g/mol. The Labute approximate surface area is 159 Å². The third-order valence-electron chi connectivity index (χ3n) is 3.52. The number of methoxy groups -OCH3 is 1. The van der Waals surface area contributed by atoms with Gasteiger partial charge in [-0.15, -0.1) is 0 Å². The van der Waals surface area contributed by atoms with Gasteiger partial charge in [0.2, 0.25) is 0 Å². The zero-order chi connectivity index (χ0) is 18.5. The van der Waals surface area contributed by atoms with Crippen LogP contribution in [0.3, 0.4) is 0 Å². The lowest BCUT2D eigenvalue weighted by Crippen LogP contribution is -2.18. The Hall–Kier alpha value is -2.83. The highest BCUT2D eigenvalue weighted by Crippen LogP contribution is 2.22. The summed E-state index contributed by atoms with van der Waals surface area (Å²) in [5.74, 6) is 0.286. The van der Waals surface area contributed by atoms with Crippen molar-refractivity contribution in [2.75, 3.05) is 7.11 Å². The van der Waals surface area contributed by atoms with Gasteiger partial charge in [0, 0.05) is 16.1 Å². The summed E-state index contributed by atoms with van der Waals surface area (Å²) in [7, 11) is 1.59. The first-order valence-electron chi connectivity index (χ1n) is 7.55. The second-order valence-corrected chi connectivity index (χ2v) is 6.11. The van der Waals surface area contributed by atoms with Crippen LogP contribution in [0.25, 0.3) is 11.3 Å². The van der Waals surface area contributed by atoms with Crippen LogP contribution >= 0.6 is 23.2 Å². The molecule has 6 nitrogen and oxygen atoms in total. The average molecular weight is 389 g/mol. The second kappa shape index (κ2) is 8.03. The van der Waals surface area contributed by atoms with Crippen molar-refractivity contribution in [3.05, 3.63) is 69.8 Å². The minimum absolute atomic E-state index is 0.280. The number of H-pyrrole nitrogens is 1. The van der Waals surface area contributed by atoms with Crippen LogP contribution < -0.4 is 10.2 Å². The van der Waals surface area contributed by atoms with Crippen molar-refractivity contribution in [3.63, 3.8) is 0 Å². The molecule has 1 amide bonds. The number of aromatic nitrogens is 2. The fourth-order valence-corrected chi connectivity index (χ4v) is 2.65. The first-order valence-corrected chi connectivity index (χ1v) is 8.30. The Morgan fingerprint density at radius 3 is 2.85 bits per heavy atom. The molecule has 0 saturated heterocycles. The number of hydrazone groups is 1. The number of hydrogen-bond acceptors (Lipinski definition) is 4. The molecular weight excluding hydrogens is 375 g/mol. The number of rotatable bonds is 5. The predicted molar refractivity (Wildman–Crippen MR) is 102 cm³/mol. The van der Waals surface area contributed by atoms with Crippen molar-refractivity contribution < 1.29 is 9.53 Å². The normalized spacial score (nSPS) is 10.9. The number of nitrogens with zero attached hydrogens (tertiary/aromatic N) is 2. The van der Waals surface area contributed by atoms with E-state index in [1.165, 1.54) is 6.21 Å². The summed E-state index contributed by atoms with van der Waals surface area (Å²) in [5.41, 5.74) is 4.79. The maximum atomic E-state index is 12.2. The molecule has 0 saturated carbocycles. The van der Waals surface area contributed by atoms with Gasteiger partial charge in [-0.3, -0.25) is 9.89 Å². The van der Waals surface area contributed by atoms with Gasteiger partial charge in [0.25, 0.3) is 5.91 Å². The average Bonchev–Trinajstić information content (AvgIpc) is 3.14. The first-order chi connectivity index (χ1) is 12.6. The van der Waals surface area contributed by atoms with E-state index in [1.807, 2.05) is 24.3 Å². The summed E-state index contributed by atoms with van der Waals surface area (Å²) >= 11 is 11.9. The van der Waals surface area contributed by atoms with Crippen LogP contribution in [0.2, 0.25) is 10.0 Å². The third kappa shape index (κ3) is 4.22. The third-order valence-corrected chi connectivity index (χ3v) is 4.08. The summed E-state index contributed by atoms with van der Waals surface area (Å²) in [6, 6.07) is 14.0. The molecule has 2 aromatic carbocycles. The summed E-state index contributed by atoms with van der Waals surface area (Å²) in [6.45, 7) is 0. The van der Waals surface area contributed by atoms with E-state index in [9.17, 15) is 4.79 Å². The molecular formula is C18H14Cl2N4O2. The number of aromatic amines is 1. The van der Waals surface area contributed by atoms with E-state index in [4.69, 9.17) is 27.9 Å². The second-order valence-electron chi connectivity index (χ2n) is 5.26. The number of nitrogens with one attached hydrogen (secondary N) is 2. The fraction of sp³-hybridized carbons (Fsp3) is 0.0556. The molecule has 3 aromatic rings. The smallest absolute Gasteiger partial charge is 0.289 e. The summed E-state index contributed by atoms with van der Waals surface area (Å²) in [5, 5.41) is 11.7. The largest absolute Gasteiger partial charge is 0.497 e. The van der Waals surface area contributed by atoms with Gasteiger partial charge in [-0.2, -0.15) is 10.2 Å². The molecule has 1 aromatic heterocycles. The van der Waals surface area contributed by atoms with Gasteiger partial charge in [-0.25, -0.2) is 5.43 Å². The van der Waals surface area contributed by atoms with Crippen LogP contribution in [0.4, 0.5) is 0 Å². The van der Waals surface area contributed by atoms with E-state index in [1.54, 1.807) is 31.4 Å². The highest BCUT2D eigenvalue weighted by molar-refractivity contribution is 6.36. The molecule has 0 aliphatic rings. The predicted octanol–water partition coefficient (Wildman–Crippen LogP) is 4.16. The first kappa shape index (κ1) is 18.0. The maximum absolute atomic E-state index is 12.2. The van der Waals surface area contributed by atoms with Gasteiger partial charge in [0.1, 0.15) is 11.4 Å². The summed E-state index contributed by atoms with van der Waals surface area (Å²) in [6.07, 6.45) is 1.44. The van der Waals surface area contributed by atoms with Crippen LogP contribution in [0.5, 0.6) is 5.75 Å². The summed E-state index contributed by atoms with van der Waals surface area (Å²) in [4.78, 5) is 12.2. The molecule has 132 valence electrons. The standard InChI is InChI=1S/C18H14Cl2N4O2/c1-26-14-4-2-3-11(7-14)16-9-17(23-22-16)18(25)24-21-10-12-5-6-13(19)8-15(12)20/h2-10H,1H3,(H,22,23)(H,24,25)/b21-10+. The van der Waals surface area contributed by atoms with Crippen molar-refractivity contribution in [2.24, 2.45) is 5.10 Å². The van der Waals surface area contributed by atoms with Crippen LogP contribution in [0.15, 0.2) is 53.6 Å². The minimum atomic E-state index is -0.423. The SMILES string of the molecule is COc1cccc(-c2cc(C(=O)N/N=C/c3ccc(Cl)cc3Cl)[nH]n2)c1. The zero-order valence-corrected chi connectivity index (χ0v) is 15.2. The topological polar surface area (TPSA) is 79.4 Å². The number of carbonyl (C=O) groups excluding carboxylic acids is 1. The Morgan fingerprint density at radius 2 is 2.08 bits per heavy atom. The van der Waals surface area contributed by atoms with Crippen molar-refractivity contribution in [1.82, 2.24) is 15.6 Å². The van der Waals surface area contributed by atoms with Crippen LogP contribution in [-0.4, -0.2) is 29.4 Å². The fourth-order valence-electron chi connectivity index (χ4n) is 2.20. The van der Waals surface area contributed by atoms with Crippen molar-refractivity contribution in [2.45, 2.75) is 0 Å². The number of benzene rings is 2. The maximum Gasteiger partial charge on any atom is 0.289 e. The molecule has 0 aliphatic heterocycles. The molecule has 0 atom stereocenters. The van der Waals surface area contributed by atoms with E-state index >= 15 is 0 Å². The van der Waals surface area contributed by atoms with Crippen LogP contribution in [0, 0.1) is 0 Å². The molecule has 0 fully saturated rings. The van der Waals surface area contributed by atoms with Crippen molar-refractivity contribution >= 4 is 35.3 Å². The Kier molecular flexibility index (Phi) is 5.55. The molecule has 1 heterocycles. The van der Waals surface area contributed by atoms with E-state index in [0.717, 1.165) is 5.56 Å². The van der Waals surface area contributed by atoms with E-state index in [2.05, 4.69) is 20.7 Å². The highest BCUT2D eigenvalue weighted by atomic mass is 35.5. The molecule has 8 heteroatoms. The molecule has 26 heavy (non-hydrogen) atoms. The Morgan fingerprint density at radius 1 is 1.23 bits per heavy atom. The zero-order valence-electron chi connectivity index (χ0n) is 13.7. The van der Waals surface area contributed by atoms with Crippen molar-refractivity contribution in [3.8, 4) is 17.0 Å². The highest BCUT2D eigenvalue weighted by Gasteiger charge is 2.11. The number of carbonyl (C=O) groups is 1. The van der Waals surface area contributed by atoms with Gasteiger partial charge in [0.15, 0.2) is 0 Å². The lowest BCUT2D eigenvalue weighted by Gasteiger charge is -2.01. The molecule has 0 spiro atoms. The lowest BCUT2D eigenvalue weighted by atomic mass is 10.1. The molecule has 0 aliphatic carbocycles. The Bertz CT molecular complexity index is 969. The molecule has 3 rings (SSSR count). The molecule has 0 unspecified atom stereocenters. The number of ether oxygens (including phenoxy) is 1. The van der Waals surface area contributed by atoms with Crippen molar-refractivity contribution in [1.29, 1.82) is 0 Å². The van der Waals surface area contributed by atoms with Crippen LogP contribution in [0.1, 0.15) is 16.1 Å². The van der Waals surface area contributed by atoms with Gasteiger partial charge < -0.3 is 4.74 Å². The van der Waals surface area contributed by atoms with Gasteiger partial charge in [-0.1, -0.05) is 41.4 Å².